The zero-order chi connectivity index (χ0) is 12.3. The smallest absolute Gasteiger partial charge is 0.129 e. The first-order chi connectivity index (χ1) is 8.19. The Kier molecular flexibility index (Phi) is 3.27. The van der Waals surface area contributed by atoms with Gasteiger partial charge in [-0.1, -0.05) is 0 Å². The lowest BCUT2D eigenvalue weighted by molar-refractivity contribution is 0.584. The molecule has 0 spiro atoms. The molecule has 3 nitrogen and oxygen atoms in total. The number of nitrogens with zero attached hydrogens (tertiary/aromatic N) is 2. The van der Waals surface area contributed by atoms with E-state index in [9.17, 15) is 8.78 Å². The Hall–Kier alpha value is -2.04. The van der Waals surface area contributed by atoms with Crippen LogP contribution in [0.4, 0.5) is 14.6 Å². The predicted octanol–water partition coefficient (Wildman–Crippen LogP) is 2.85. The third-order valence-corrected chi connectivity index (χ3v) is 2.18. The average molecular weight is 235 g/mol. The van der Waals surface area contributed by atoms with E-state index in [4.69, 9.17) is 0 Å². The highest BCUT2D eigenvalue weighted by Crippen LogP contribution is 2.20. The molecule has 0 unspecified atom stereocenters. The lowest BCUT2D eigenvalue weighted by atomic mass is 10.1. The summed E-state index contributed by atoms with van der Waals surface area (Å²) >= 11 is 0. The molecule has 0 fully saturated rings. The summed E-state index contributed by atoms with van der Waals surface area (Å²) in [6.07, 6.45) is 1.36. The van der Waals surface area contributed by atoms with Crippen LogP contribution in [-0.2, 0) is 0 Å². The first-order valence-corrected chi connectivity index (χ1v) is 5.21. The molecule has 17 heavy (non-hydrogen) atoms. The van der Waals surface area contributed by atoms with E-state index in [0.717, 1.165) is 6.07 Å². The zero-order valence-electron chi connectivity index (χ0n) is 9.24. The van der Waals surface area contributed by atoms with Crippen LogP contribution in [0, 0.1) is 11.6 Å². The molecule has 2 aromatic rings. The first-order valence-electron chi connectivity index (χ1n) is 5.21. The largest absolute Gasteiger partial charge is 0.370 e. The van der Waals surface area contributed by atoms with E-state index >= 15 is 0 Å². The van der Waals surface area contributed by atoms with Crippen molar-refractivity contribution in [2.75, 3.05) is 11.9 Å². The van der Waals surface area contributed by atoms with Gasteiger partial charge < -0.3 is 5.32 Å². The second-order valence-corrected chi connectivity index (χ2v) is 3.48. The highest BCUT2D eigenvalue weighted by molar-refractivity contribution is 5.62. The first kappa shape index (κ1) is 11.4. The Labute approximate surface area is 97.5 Å². The topological polar surface area (TPSA) is 37.8 Å². The number of rotatable bonds is 3. The Morgan fingerprint density at radius 2 is 1.76 bits per heavy atom. The molecule has 0 aliphatic carbocycles. The summed E-state index contributed by atoms with van der Waals surface area (Å²) in [6, 6.07) is 4.95. The van der Waals surface area contributed by atoms with Crippen LogP contribution in [0.1, 0.15) is 6.92 Å². The fourth-order valence-electron chi connectivity index (χ4n) is 1.49. The molecule has 0 atom stereocenters. The number of aromatic nitrogens is 2. The minimum absolute atomic E-state index is 0.393. The molecular formula is C12H11F2N3. The number of hydrogen-bond donors (Lipinski definition) is 1. The van der Waals surface area contributed by atoms with Crippen LogP contribution >= 0.6 is 0 Å². The van der Waals surface area contributed by atoms with Crippen LogP contribution in [0.15, 0.2) is 30.6 Å². The van der Waals surface area contributed by atoms with E-state index in [1.54, 1.807) is 6.07 Å². The van der Waals surface area contributed by atoms with Crippen molar-refractivity contribution in [1.82, 2.24) is 9.97 Å². The van der Waals surface area contributed by atoms with Gasteiger partial charge in [0.25, 0.3) is 0 Å². The zero-order valence-corrected chi connectivity index (χ0v) is 9.24. The molecular weight excluding hydrogens is 224 g/mol. The number of benzene rings is 1. The SMILES string of the molecule is CCNc1cc(-c2cc(F)cc(F)c2)ncn1. The van der Waals surface area contributed by atoms with Gasteiger partial charge in [0.2, 0.25) is 0 Å². The van der Waals surface area contributed by atoms with Crippen LogP contribution in [0.2, 0.25) is 0 Å². The fraction of sp³-hybridized carbons (Fsp3) is 0.167. The molecule has 1 N–H and O–H groups in total. The summed E-state index contributed by atoms with van der Waals surface area (Å²) in [5.74, 6) is -0.616. The molecule has 1 aromatic carbocycles. The summed E-state index contributed by atoms with van der Waals surface area (Å²) in [7, 11) is 0. The fourth-order valence-corrected chi connectivity index (χ4v) is 1.49. The highest BCUT2D eigenvalue weighted by Gasteiger charge is 2.05. The van der Waals surface area contributed by atoms with Gasteiger partial charge in [0.15, 0.2) is 0 Å². The van der Waals surface area contributed by atoms with Crippen molar-refractivity contribution in [3.05, 3.63) is 42.2 Å². The van der Waals surface area contributed by atoms with Gasteiger partial charge in [-0.25, -0.2) is 18.7 Å². The lowest BCUT2D eigenvalue weighted by Gasteiger charge is -2.05. The number of hydrogen-bond acceptors (Lipinski definition) is 3. The molecule has 0 amide bonds. The van der Waals surface area contributed by atoms with Crippen molar-refractivity contribution in [1.29, 1.82) is 0 Å². The maximum absolute atomic E-state index is 13.1. The molecule has 0 saturated heterocycles. The van der Waals surface area contributed by atoms with Gasteiger partial charge in [-0.3, -0.25) is 0 Å². The van der Waals surface area contributed by atoms with Gasteiger partial charge in [-0.05, 0) is 19.1 Å². The van der Waals surface area contributed by atoms with E-state index in [0.29, 0.717) is 23.6 Å². The minimum atomic E-state index is -0.622. The molecule has 2 rings (SSSR count). The van der Waals surface area contributed by atoms with Gasteiger partial charge in [-0.2, -0.15) is 0 Å². The number of halogens is 2. The van der Waals surface area contributed by atoms with Gasteiger partial charge in [0, 0.05) is 24.2 Å². The van der Waals surface area contributed by atoms with E-state index < -0.39 is 11.6 Å². The monoisotopic (exact) mass is 235 g/mol. The second-order valence-electron chi connectivity index (χ2n) is 3.48. The van der Waals surface area contributed by atoms with Crippen molar-refractivity contribution in [3.8, 4) is 11.3 Å². The van der Waals surface area contributed by atoms with E-state index in [1.165, 1.54) is 18.5 Å². The summed E-state index contributed by atoms with van der Waals surface area (Å²) in [4.78, 5) is 7.98. The summed E-state index contributed by atoms with van der Waals surface area (Å²) in [5, 5.41) is 3.01. The highest BCUT2D eigenvalue weighted by atomic mass is 19.1. The van der Waals surface area contributed by atoms with E-state index in [2.05, 4.69) is 15.3 Å². The van der Waals surface area contributed by atoms with Gasteiger partial charge >= 0.3 is 0 Å². The van der Waals surface area contributed by atoms with Crippen LogP contribution in [0.25, 0.3) is 11.3 Å². The van der Waals surface area contributed by atoms with Crippen molar-refractivity contribution >= 4 is 5.82 Å². The maximum Gasteiger partial charge on any atom is 0.129 e. The van der Waals surface area contributed by atoms with Crippen LogP contribution in [0.3, 0.4) is 0 Å². The molecule has 0 aliphatic rings. The third kappa shape index (κ3) is 2.75. The molecule has 0 bridgehead atoms. The Morgan fingerprint density at radius 1 is 1.06 bits per heavy atom. The van der Waals surface area contributed by atoms with Crippen molar-refractivity contribution in [2.45, 2.75) is 6.92 Å². The maximum atomic E-state index is 13.1. The normalized spacial score (nSPS) is 10.3. The standard InChI is InChI=1S/C12H11F2N3/c1-2-15-12-6-11(16-7-17-12)8-3-9(13)5-10(14)4-8/h3-7H,2H2,1H3,(H,15,16,17). The van der Waals surface area contributed by atoms with Gasteiger partial charge in [0.1, 0.15) is 23.8 Å². The summed E-state index contributed by atoms with van der Waals surface area (Å²) in [5.41, 5.74) is 0.874. The predicted molar refractivity (Wildman–Crippen MR) is 61.5 cm³/mol. The van der Waals surface area contributed by atoms with Gasteiger partial charge in [0.05, 0.1) is 5.69 Å². The second kappa shape index (κ2) is 4.86. The summed E-state index contributed by atoms with van der Waals surface area (Å²) < 4.78 is 26.1. The Morgan fingerprint density at radius 3 is 2.41 bits per heavy atom. The van der Waals surface area contributed by atoms with Crippen molar-refractivity contribution in [3.63, 3.8) is 0 Å². The molecule has 1 aromatic heterocycles. The van der Waals surface area contributed by atoms with Gasteiger partial charge in [-0.15, -0.1) is 0 Å². The van der Waals surface area contributed by atoms with E-state index in [1.807, 2.05) is 6.92 Å². The van der Waals surface area contributed by atoms with Crippen molar-refractivity contribution < 1.29 is 8.78 Å². The van der Waals surface area contributed by atoms with Crippen molar-refractivity contribution in [2.24, 2.45) is 0 Å². The molecule has 1 heterocycles. The Bertz CT molecular complexity index is 509. The Balaban J connectivity index is 2.41. The van der Waals surface area contributed by atoms with Crippen LogP contribution in [-0.4, -0.2) is 16.5 Å². The minimum Gasteiger partial charge on any atom is -0.370 e. The van der Waals surface area contributed by atoms with E-state index in [-0.39, 0.29) is 0 Å². The summed E-state index contributed by atoms with van der Waals surface area (Å²) in [6.45, 7) is 2.65. The van der Waals surface area contributed by atoms with Crippen LogP contribution in [0.5, 0.6) is 0 Å². The lowest BCUT2D eigenvalue weighted by Crippen LogP contribution is -2.00. The molecule has 88 valence electrons. The van der Waals surface area contributed by atoms with Crippen LogP contribution < -0.4 is 5.32 Å². The number of anilines is 1. The average Bonchev–Trinajstić information content (AvgIpc) is 2.28. The molecule has 0 aliphatic heterocycles. The molecule has 5 heteroatoms. The third-order valence-electron chi connectivity index (χ3n) is 2.18. The number of nitrogens with one attached hydrogen (secondary N) is 1. The molecule has 0 saturated carbocycles. The molecule has 0 radical (unpaired) electrons. The quantitative estimate of drug-likeness (QED) is 0.888.